The molecule has 1 aromatic carbocycles. The number of carbonyl (C=O) groups excluding carboxylic acids is 2. The lowest BCUT2D eigenvalue weighted by Gasteiger charge is -2.11. The molecular weight excluding hydrogens is 274 g/mol. The molecule has 1 rings (SSSR count). The molecule has 0 atom stereocenters. The van der Waals surface area contributed by atoms with Crippen molar-refractivity contribution < 1.29 is 23.8 Å². The molecule has 1 aromatic rings. The SMILES string of the molecule is COc1ccccc1OCC(=O)NCCC(=O)OC(C)C. The lowest BCUT2D eigenvalue weighted by atomic mass is 10.3. The van der Waals surface area contributed by atoms with E-state index in [9.17, 15) is 9.59 Å². The predicted molar refractivity (Wildman–Crippen MR) is 77.3 cm³/mol. The quantitative estimate of drug-likeness (QED) is 0.736. The lowest BCUT2D eigenvalue weighted by molar-refractivity contribution is -0.147. The van der Waals surface area contributed by atoms with Crippen LogP contribution in [-0.4, -0.2) is 38.2 Å². The van der Waals surface area contributed by atoms with Crippen molar-refractivity contribution in [2.45, 2.75) is 26.4 Å². The first kappa shape index (κ1) is 16.8. The van der Waals surface area contributed by atoms with Gasteiger partial charge in [-0.25, -0.2) is 0 Å². The van der Waals surface area contributed by atoms with E-state index in [4.69, 9.17) is 14.2 Å². The summed E-state index contributed by atoms with van der Waals surface area (Å²) in [5.41, 5.74) is 0. The van der Waals surface area contributed by atoms with Crippen LogP contribution in [0.15, 0.2) is 24.3 Å². The van der Waals surface area contributed by atoms with E-state index in [0.29, 0.717) is 11.5 Å². The van der Waals surface area contributed by atoms with Crippen LogP contribution in [0.3, 0.4) is 0 Å². The maximum absolute atomic E-state index is 11.6. The first-order valence-corrected chi connectivity index (χ1v) is 6.75. The van der Waals surface area contributed by atoms with Gasteiger partial charge in [-0.2, -0.15) is 0 Å². The van der Waals surface area contributed by atoms with E-state index in [-0.39, 0.29) is 37.6 Å². The molecule has 6 heteroatoms. The summed E-state index contributed by atoms with van der Waals surface area (Å²) in [4.78, 5) is 22.9. The monoisotopic (exact) mass is 295 g/mol. The van der Waals surface area contributed by atoms with Crippen molar-refractivity contribution >= 4 is 11.9 Å². The summed E-state index contributed by atoms with van der Waals surface area (Å²) in [5.74, 6) is 0.411. The third-order valence-corrected chi connectivity index (χ3v) is 2.45. The van der Waals surface area contributed by atoms with E-state index in [0.717, 1.165) is 0 Å². The first-order chi connectivity index (χ1) is 10.0. The Morgan fingerprint density at radius 1 is 1.19 bits per heavy atom. The minimum Gasteiger partial charge on any atom is -0.493 e. The number of nitrogens with one attached hydrogen (secondary N) is 1. The molecule has 21 heavy (non-hydrogen) atoms. The average Bonchev–Trinajstić information content (AvgIpc) is 2.44. The Hall–Kier alpha value is -2.24. The molecule has 0 spiro atoms. The Labute approximate surface area is 124 Å². The minimum absolute atomic E-state index is 0.137. The summed E-state index contributed by atoms with van der Waals surface area (Å²) in [5, 5.41) is 2.59. The maximum atomic E-state index is 11.6. The number of methoxy groups -OCH3 is 1. The normalized spacial score (nSPS) is 10.1. The lowest BCUT2D eigenvalue weighted by Crippen LogP contribution is -2.31. The van der Waals surface area contributed by atoms with Gasteiger partial charge in [-0.15, -0.1) is 0 Å². The number of benzene rings is 1. The van der Waals surface area contributed by atoms with Crippen LogP contribution in [0.4, 0.5) is 0 Å². The molecule has 1 amide bonds. The van der Waals surface area contributed by atoms with Crippen LogP contribution in [0.2, 0.25) is 0 Å². The molecule has 0 aliphatic rings. The van der Waals surface area contributed by atoms with E-state index in [1.165, 1.54) is 7.11 Å². The highest BCUT2D eigenvalue weighted by Gasteiger charge is 2.09. The summed E-state index contributed by atoms with van der Waals surface area (Å²) >= 11 is 0. The van der Waals surface area contributed by atoms with Crippen molar-refractivity contribution in [2.75, 3.05) is 20.3 Å². The Balaban J connectivity index is 2.27. The van der Waals surface area contributed by atoms with E-state index in [1.807, 2.05) is 6.07 Å². The summed E-state index contributed by atoms with van der Waals surface area (Å²) in [7, 11) is 1.53. The standard InChI is InChI=1S/C15H21NO5/c1-11(2)21-15(18)8-9-16-14(17)10-20-13-7-5-4-6-12(13)19-3/h4-7,11H,8-10H2,1-3H3,(H,16,17). The second-order valence-corrected chi connectivity index (χ2v) is 4.58. The van der Waals surface area contributed by atoms with Crippen molar-refractivity contribution in [3.63, 3.8) is 0 Å². The van der Waals surface area contributed by atoms with Gasteiger partial charge >= 0.3 is 5.97 Å². The van der Waals surface area contributed by atoms with Gasteiger partial charge in [0, 0.05) is 6.54 Å². The maximum Gasteiger partial charge on any atom is 0.307 e. The van der Waals surface area contributed by atoms with Crippen molar-refractivity contribution in [3.05, 3.63) is 24.3 Å². The molecule has 0 saturated carbocycles. The number of carbonyl (C=O) groups is 2. The van der Waals surface area contributed by atoms with E-state index >= 15 is 0 Å². The predicted octanol–water partition coefficient (Wildman–Crippen LogP) is 1.53. The highest BCUT2D eigenvalue weighted by molar-refractivity contribution is 5.78. The van der Waals surface area contributed by atoms with Gasteiger partial charge in [0.1, 0.15) is 0 Å². The molecule has 1 N–H and O–H groups in total. The first-order valence-electron chi connectivity index (χ1n) is 6.75. The van der Waals surface area contributed by atoms with Gasteiger partial charge in [0.05, 0.1) is 19.6 Å². The average molecular weight is 295 g/mol. The number of amides is 1. The number of rotatable bonds is 8. The number of hydrogen-bond donors (Lipinski definition) is 1. The molecule has 0 unspecified atom stereocenters. The van der Waals surface area contributed by atoms with Crippen LogP contribution in [0, 0.1) is 0 Å². The second kappa shape index (κ2) is 8.84. The van der Waals surface area contributed by atoms with Crippen LogP contribution in [0.25, 0.3) is 0 Å². The molecule has 0 fully saturated rings. The summed E-state index contributed by atoms with van der Waals surface area (Å²) in [6.45, 7) is 3.63. The molecule has 0 heterocycles. The van der Waals surface area contributed by atoms with Gasteiger partial charge in [0.25, 0.3) is 5.91 Å². The fourth-order valence-corrected chi connectivity index (χ4v) is 1.56. The Morgan fingerprint density at radius 3 is 2.48 bits per heavy atom. The van der Waals surface area contributed by atoms with Crippen molar-refractivity contribution in [1.29, 1.82) is 0 Å². The number of para-hydroxylation sites is 2. The summed E-state index contributed by atoms with van der Waals surface area (Å²) < 4.78 is 15.4. The zero-order chi connectivity index (χ0) is 15.7. The van der Waals surface area contributed by atoms with Crippen molar-refractivity contribution in [1.82, 2.24) is 5.32 Å². The molecule has 0 aliphatic heterocycles. The van der Waals surface area contributed by atoms with Crippen LogP contribution >= 0.6 is 0 Å². The molecular formula is C15H21NO5. The third kappa shape index (κ3) is 6.65. The van der Waals surface area contributed by atoms with E-state index in [2.05, 4.69) is 5.32 Å². The Kier molecular flexibility index (Phi) is 7.08. The Morgan fingerprint density at radius 2 is 1.86 bits per heavy atom. The number of hydrogen-bond acceptors (Lipinski definition) is 5. The molecule has 0 saturated heterocycles. The van der Waals surface area contributed by atoms with E-state index in [1.54, 1.807) is 32.0 Å². The number of ether oxygens (including phenoxy) is 3. The highest BCUT2D eigenvalue weighted by atomic mass is 16.5. The Bertz CT molecular complexity index is 473. The fourth-order valence-electron chi connectivity index (χ4n) is 1.56. The van der Waals surface area contributed by atoms with Gasteiger partial charge in [0.15, 0.2) is 18.1 Å². The minimum atomic E-state index is -0.337. The second-order valence-electron chi connectivity index (χ2n) is 4.58. The number of esters is 1. The van der Waals surface area contributed by atoms with Crippen LogP contribution in [0.1, 0.15) is 20.3 Å². The van der Waals surface area contributed by atoms with Gasteiger partial charge in [0.2, 0.25) is 0 Å². The van der Waals surface area contributed by atoms with Gasteiger partial charge in [-0.05, 0) is 26.0 Å². The summed E-state index contributed by atoms with van der Waals surface area (Å²) in [6, 6.07) is 7.06. The van der Waals surface area contributed by atoms with Gasteiger partial charge in [-0.3, -0.25) is 9.59 Å². The molecule has 0 aromatic heterocycles. The highest BCUT2D eigenvalue weighted by Crippen LogP contribution is 2.25. The summed E-state index contributed by atoms with van der Waals surface area (Å²) in [6.07, 6.45) is -0.0134. The topological polar surface area (TPSA) is 73.9 Å². The van der Waals surface area contributed by atoms with Crippen molar-refractivity contribution in [2.24, 2.45) is 0 Å². The van der Waals surface area contributed by atoms with Crippen LogP contribution < -0.4 is 14.8 Å². The largest absolute Gasteiger partial charge is 0.493 e. The molecule has 0 radical (unpaired) electrons. The molecule has 116 valence electrons. The molecule has 0 bridgehead atoms. The van der Waals surface area contributed by atoms with Crippen LogP contribution in [-0.2, 0) is 14.3 Å². The zero-order valence-electron chi connectivity index (χ0n) is 12.5. The van der Waals surface area contributed by atoms with Crippen LogP contribution in [0.5, 0.6) is 11.5 Å². The van der Waals surface area contributed by atoms with Crippen molar-refractivity contribution in [3.8, 4) is 11.5 Å². The van der Waals surface area contributed by atoms with Gasteiger partial charge in [-0.1, -0.05) is 12.1 Å². The smallest absolute Gasteiger partial charge is 0.307 e. The zero-order valence-corrected chi connectivity index (χ0v) is 12.5. The van der Waals surface area contributed by atoms with E-state index < -0.39 is 0 Å². The van der Waals surface area contributed by atoms with Gasteiger partial charge < -0.3 is 19.5 Å². The molecule has 0 aliphatic carbocycles. The fraction of sp³-hybridized carbons (Fsp3) is 0.467. The molecule has 6 nitrogen and oxygen atoms in total. The third-order valence-electron chi connectivity index (χ3n) is 2.45.